The van der Waals surface area contributed by atoms with E-state index in [-0.39, 0.29) is 5.92 Å². The van der Waals surface area contributed by atoms with E-state index in [1.807, 2.05) is 6.92 Å². The fraction of sp³-hybridized carbons (Fsp3) is 0.950. The van der Waals surface area contributed by atoms with Gasteiger partial charge in [0.05, 0.1) is 19.8 Å². The van der Waals surface area contributed by atoms with Gasteiger partial charge in [-0.3, -0.25) is 9.89 Å². The lowest BCUT2D eigenvalue weighted by atomic mass is 10.1. The van der Waals surface area contributed by atoms with Crippen LogP contribution in [-0.4, -0.2) is 94.2 Å². The molecule has 2 heterocycles. The van der Waals surface area contributed by atoms with Crippen LogP contribution >= 0.6 is 0 Å². The first-order valence-electron chi connectivity index (χ1n) is 10.9. The van der Waals surface area contributed by atoms with Crippen LogP contribution < -0.4 is 5.32 Å². The first kappa shape index (κ1) is 24.2. The van der Waals surface area contributed by atoms with E-state index in [0.29, 0.717) is 32.2 Å². The fourth-order valence-electron chi connectivity index (χ4n) is 3.84. The Morgan fingerprint density at radius 1 is 1.28 bits per heavy atom. The van der Waals surface area contributed by atoms with Gasteiger partial charge in [0.15, 0.2) is 5.96 Å². The Morgan fingerprint density at radius 3 is 2.76 bits per heavy atom. The van der Waals surface area contributed by atoms with E-state index in [0.717, 1.165) is 64.7 Å². The molecule has 0 radical (unpaired) electrons. The summed E-state index contributed by atoms with van der Waals surface area (Å²) in [6.07, 6.45) is -1.31. The summed E-state index contributed by atoms with van der Waals surface area (Å²) in [6, 6.07) is 0. The van der Waals surface area contributed by atoms with Crippen LogP contribution in [0.25, 0.3) is 0 Å². The van der Waals surface area contributed by atoms with E-state index in [1.54, 1.807) is 6.92 Å². The Balaban J connectivity index is 1.71. The molecule has 29 heavy (non-hydrogen) atoms. The fourth-order valence-corrected chi connectivity index (χ4v) is 3.84. The summed E-state index contributed by atoms with van der Waals surface area (Å²) in [5.74, 6) is 1.62. The summed E-state index contributed by atoms with van der Waals surface area (Å²) < 4.78 is 49.1. The van der Waals surface area contributed by atoms with Crippen molar-refractivity contribution in [3.8, 4) is 0 Å². The molecule has 2 aliphatic rings. The first-order chi connectivity index (χ1) is 13.9. The lowest BCUT2D eigenvalue weighted by Crippen LogP contribution is -2.42. The quantitative estimate of drug-likeness (QED) is 0.315. The van der Waals surface area contributed by atoms with E-state index in [1.165, 1.54) is 4.90 Å². The Bertz CT molecular complexity index is 485. The minimum Gasteiger partial charge on any atom is -0.381 e. The number of guanidine groups is 1. The van der Waals surface area contributed by atoms with Crippen molar-refractivity contribution in [1.82, 2.24) is 15.1 Å². The molecule has 0 bridgehead atoms. The second-order valence-corrected chi connectivity index (χ2v) is 7.94. The number of halogens is 3. The van der Waals surface area contributed by atoms with Gasteiger partial charge in [0, 0.05) is 51.9 Å². The topological polar surface area (TPSA) is 49.3 Å². The molecule has 2 atom stereocenters. The SMILES string of the molecule is CCNC(=NCCCOCC1CCOC1)N1CCC(CN(CC)CC(F)(F)F)C1. The summed E-state index contributed by atoms with van der Waals surface area (Å²) in [4.78, 5) is 8.36. The van der Waals surface area contributed by atoms with Crippen molar-refractivity contribution in [2.75, 3.05) is 72.2 Å². The summed E-state index contributed by atoms with van der Waals surface area (Å²) in [7, 11) is 0. The molecule has 170 valence electrons. The van der Waals surface area contributed by atoms with E-state index in [9.17, 15) is 13.2 Å². The molecule has 0 amide bonds. The molecule has 2 rings (SSSR count). The lowest BCUT2D eigenvalue weighted by molar-refractivity contribution is -0.146. The summed E-state index contributed by atoms with van der Waals surface area (Å²) in [5.41, 5.74) is 0. The monoisotopic (exact) mass is 422 g/mol. The average molecular weight is 423 g/mol. The molecule has 1 N–H and O–H groups in total. The highest BCUT2D eigenvalue weighted by molar-refractivity contribution is 5.80. The van der Waals surface area contributed by atoms with E-state index in [2.05, 4.69) is 10.2 Å². The predicted molar refractivity (Wildman–Crippen MR) is 108 cm³/mol. The predicted octanol–water partition coefficient (Wildman–Crippen LogP) is 2.60. The van der Waals surface area contributed by atoms with Crippen LogP contribution in [0.15, 0.2) is 4.99 Å². The van der Waals surface area contributed by atoms with Crippen molar-refractivity contribution < 1.29 is 22.6 Å². The molecule has 0 aromatic carbocycles. The van der Waals surface area contributed by atoms with Gasteiger partial charge in [-0.05, 0) is 38.6 Å². The molecular formula is C20H37F3N4O2. The minimum atomic E-state index is -4.14. The molecule has 6 nitrogen and oxygen atoms in total. The zero-order valence-corrected chi connectivity index (χ0v) is 17.8. The van der Waals surface area contributed by atoms with Crippen LogP contribution in [-0.2, 0) is 9.47 Å². The number of nitrogens with zero attached hydrogens (tertiary/aromatic N) is 3. The molecular weight excluding hydrogens is 385 g/mol. The number of ether oxygens (including phenoxy) is 2. The molecule has 2 saturated heterocycles. The third-order valence-electron chi connectivity index (χ3n) is 5.37. The number of aliphatic imine (C=N–C) groups is 1. The van der Waals surface area contributed by atoms with Gasteiger partial charge in [0.2, 0.25) is 0 Å². The minimum absolute atomic E-state index is 0.234. The Morgan fingerprint density at radius 2 is 2.10 bits per heavy atom. The zero-order valence-electron chi connectivity index (χ0n) is 17.8. The van der Waals surface area contributed by atoms with Crippen LogP contribution in [0, 0.1) is 11.8 Å². The van der Waals surface area contributed by atoms with E-state index < -0.39 is 12.7 Å². The van der Waals surface area contributed by atoms with Crippen molar-refractivity contribution >= 4 is 5.96 Å². The van der Waals surface area contributed by atoms with Gasteiger partial charge in [0.25, 0.3) is 0 Å². The largest absolute Gasteiger partial charge is 0.401 e. The summed E-state index contributed by atoms with van der Waals surface area (Å²) in [6.45, 7) is 9.98. The maximum atomic E-state index is 12.7. The van der Waals surface area contributed by atoms with Gasteiger partial charge in [-0.15, -0.1) is 0 Å². The Kier molecular flexibility index (Phi) is 10.5. The molecule has 2 aliphatic heterocycles. The average Bonchev–Trinajstić information content (AvgIpc) is 3.34. The second-order valence-electron chi connectivity index (χ2n) is 7.94. The van der Waals surface area contributed by atoms with Gasteiger partial charge < -0.3 is 19.7 Å². The van der Waals surface area contributed by atoms with Crippen LogP contribution in [0.2, 0.25) is 0 Å². The molecule has 2 fully saturated rings. The molecule has 0 aromatic rings. The first-order valence-corrected chi connectivity index (χ1v) is 10.9. The molecule has 0 aromatic heterocycles. The molecule has 2 unspecified atom stereocenters. The molecule has 0 saturated carbocycles. The van der Waals surface area contributed by atoms with Crippen LogP contribution in [0.3, 0.4) is 0 Å². The standard InChI is InChI=1S/C20H37F3N4O2/c1-3-24-19(25-8-5-10-28-14-18-7-11-29-15-18)27-9-6-17(13-27)12-26(4-2)16-20(21,22)23/h17-18H,3-16H2,1-2H3,(H,24,25). The number of rotatable bonds is 11. The number of alkyl halides is 3. The van der Waals surface area contributed by atoms with Crippen molar-refractivity contribution in [3.63, 3.8) is 0 Å². The smallest absolute Gasteiger partial charge is 0.381 e. The van der Waals surface area contributed by atoms with Crippen molar-refractivity contribution in [1.29, 1.82) is 0 Å². The Labute approximate surface area is 172 Å². The normalized spacial score (nSPS) is 23.4. The molecule has 9 heteroatoms. The highest BCUT2D eigenvalue weighted by atomic mass is 19.4. The number of hydrogen-bond donors (Lipinski definition) is 1. The van der Waals surface area contributed by atoms with Gasteiger partial charge in [-0.2, -0.15) is 13.2 Å². The number of likely N-dealkylation sites (tertiary alicyclic amines) is 1. The van der Waals surface area contributed by atoms with Crippen LogP contribution in [0.5, 0.6) is 0 Å². The third-order valence-corrected chi connectivity index (χ3v) is 5.37. The van der Waals surface area contributed by atoms with E-state index >= 15 is 0 Å². The number of nitrogens with one attached hydrogen (secondary N) is 1. The van der Waals surface area contributed by atoms with Gasteiger partial charge >= 0.3 is 6.18 Å². The van der Waals surface area contributed by atoms with Crippen molar-refractivity contribution in [3.05, 3.63) is 0 Å². The van der Waals surface area contributed by atoms with Crippen molar-refractivity contribution in [2.24, 2.45) is 16.8 Å². The molecule has 0 spiro atoms. The van der Waals surface area contributed by atoms with Gasteiger partial charge in [-0.25, -0.2) is 0 Å². The van der Waals surface area contributed by atoms with Gasteiger partial charge in [0.1, 0.15) is 0 Å². The Hall–Kier alpha value is -1.06. The van der Waals surface area contributed by atoms with E-state index in [4.69, 9.17) is 14.5 Å². The molecule has 0 aliphatic carbocycles. The maximum Gasteiger partial charge on any atom is 0.401 e. The summed E-state index contributed by atoms with van der Waals surface area (Å²) in [5, 5.41) is 3.31. The number of hydrogen-bond acceptors (Lipinski definition) is 4. The summed E-state index contributed by atoms with van der Waals surface area (Å²) >= 11 is 0. The zero-order chi connectivity index (χ0) is 21.1. The second kappa shape index (κ2) is 12.6. The maximum absolute atomic E-state index is 12.7. The third kappa shape index (κ3) is 9.53. The van der Waals surface area contributed by atoms with Crippen LogP contribution in [0.4, 0.5) is 13.2 Å². The van der Waals surface area contributed by atoms with Crippen LogP contribution in [0.1, 0.15) is 33.1 Å². The van der Waals surface area contributed by atoms with Gasteiger partial charge in [-0.1, -0.05) is 6.92 Å². The highest BCUT2D eigenvalue weighted by Crippen LogP contribution is 2.21. The lowest BCUT2D eigenvalue weighted by Gasteiger charge is -2.26. The highest BCUT2D eigenvalue weighted by Gasteiger charge is 2.33. The van der Waals surface area contributed by atoms with Crippen molar-refractivity contribution in [2.45, 2.75) is 39.3 Å².